The summed E-state index contributed by atoms with van der Waals surface area (Å²) in [5, 5.41) is 8.93. The molecule has 0 unspecified atom stereocenters. The van der Waals surface area contributed by atoms with Crippen molar-refractivity contribution >= 4 is 5.78 Å². The van der Waals surface area contributed by atoms with Crippen LogP contribution in [-0.2, 0) is 9.53 Å². The van der Waals surface area contributed by atoms with E-state index in [2.05, 4.69) is 6.92 Å². The summed E-state index contributed by atoms with van der Waals surface area (Å²) in [7, 11) is 0. The zero-order chi connectivity index (χ0) is 12.0. The van der Waals surface area contributed by atoms with E-state index in [9.17, 15) is 4.79 Å². The molecule has 1 aliphatic heterocycles. The molecule has 0 aliphatic carbocycles. The lowest BCUT2D eigenvalue weighted by molar-refractivity contribution is -0.124. The molecule has 0 saturated carbocycles. The van der Waals surface area contributed by atoms with Crippen molar-refractivity contribution in [1.29, 1.82) is 0 Å². The van der Waals surface area contributed by atoms with Gasteiger partial charge in [0.1, 0.15) is 0 Å². The van der Waals surface area contributed by atoms with Gasteiger partial charge < -0.3 is 9.84 Å². The van der Waals surface area contributed by atoms with Gasteiger partial charge in [0.15, 0.2) is 5.78 Å². The molecule has 0 aromatic carbocycles. The van der Waals surface area contributed by atoms with Crippen molar-refractivity contribution in [3.8, 4) is 0 Å². The zero-order valence-electron chi connectivity index (χ0n) is 10.2. The summed E-state index contributed by atoms with van der Waals surface area (Å²) in [4.78, 5) is 11.4. The molecule has 0 aromatic rings. The van der Waals surface area contributed by atoms with E-state index in [4.69, 9.17) is 9.84 Å². The van der Waals surface area contributed by atoms with Gasteiger partial charge in [-0.1, -0.05) is 13.0 Å². The Morgan fingerprint density at radius 3 is 2.88 bits per heavy atom. The van der Waals surface area contributed by atoms with Gasteiger partial charge in [-0.25, -0.2) is 0 Å². The van der Waals surface area contributed by atoms with Gasteiger partial charge in [-0.2, -0.15) is 0 Å². The molecule has 3 nitrogen and oxygen atoms in total. The van der Waals surface area contributed by atoms with Crippen molar-refractivity contribution < 1.29 is 14.6 Å². The Labute approximate surface area is 97.5 Å². The predicted octanol–water partition coefficient (Wildman–Crippen LogP) is 2.09. The largest absolute Gasteiger partial charge is 0.396 e. The van der Waals surface area contributed by atoms with E-state index in [0.29, 0.717) is 18.8 Å². The molecule has 0 bridgehead atoms. The summed E-state index contributed by atoms with van der Waals surface area (Å²) in [6, 6.07) is 0. The molecule has 1 N–H and O–H groups in total. The maximum Gasteiger partial charge on any atom is 0.157 e. The first-order valence-electron chi connectivity index (χ1n) is 6.09. The number of carbonyl (C=O) groups is 1. The third-order valence-corrected chi connectivity index (χ3v) is 3.14. The van der Waals surface area contributed by atoms with Crippen LogP contribution in [0.15, 0.2) is 12.2 Å². The quantitative estimate of drug-likeness (QED) is 0.730. The van der Waals surface area contributed by atoms with Gasteiger partial charge in [-0.15, -0.1) is 0 Å². The first kappa shape index (κ1) is 13.4. The summed E-state index contributed by atoms with van der Waals surface area (Å²) < 4.78 is 5.84. The van der Waals surface area contributed by atoms with Crippen LogP contribution >= 0.6 is 0 Å². The van der Waals surface area contributed by atoms with Crippen LogP contribution in [0.25, 0.3) is 0 Å². The van der Waals surface area contributed by atoms with Gasteiger partial charge >= 0.3 is 0 Å². The Kier molecular flexibility index (Phi) is 5.71. The molecule has 0 radical (unpaired) electrons. The van der Waals surface area contributed by atoms with Crippen LogP contribution < -0.4 is 0 Å². The highest BCUT2D eigenvalue weighted by Crippen LogP contribution is 2.28. The average molecular weight is 226 g/mol. The molecule has 0 spiro atoms. The van der Waals surface area contributed by atoms with Crippen LogP contribution in [0.4, 0.5) is 0 Å². The van der Waals surface area contributed by atoms with Crippen molar-refractivity contribution in [2.45, 2.75) is 51.7 Å². The van der Waals surface area contributed by atoms with Crippen LogP contribution in [-0.4, -0.2) is 29.7 Å². The number of ether oxygens (including phenoxy) is 1. The number of rotatable bonds is 5. The van der Waals surface area contributed by atoms with E-state index in [1.165, 1.54) is 0 Å². The normalized spacial score (nSPS) is 30.8. The van der Waals surface area contributed by atoms with Gasteiger partial charge in [0, 0.05) is 13.0 Å². The van der Waals surface area contributed by atoms with Crippen LogP contribution in [0.3, 0.4) is 0 Å². The van der Waals surface area contributed by atoms with Crippen molar-refractivity contribution in [2.24, 2.45) is 5.92 Å². The number of ketones is 1. The number of aliphatic hydroxyl groups is 1. The van der Waals surface area contributed by atoms with Gasteiger partial charge in [0.25, 0.3) is 0 Å². The lowest BCUT2D eigenvalue weighted by atomic mass is 9.90. The zero-order valence-corrected chi connectivity index (χ0v) is 10.2. The van der Waals surface area contributed by atoms with Gasteiger partial charge in [0.2, 0.25) is 0 Å². The third kappa shape index (κ3) is 4.06. The fraction of sp³-hybridized carbons (Fsp3) is 0.769. The summed E-state index contributed by atoms with van der Waals surface area (Å²) in [6.07, 6.45) is 6.69. The number of allylic oxidation sites excluding steroid dienone is 2. The molecule has 1 saturated heterocycles. The first-order valence-corrected chi connectivity index (χ1v) is 6.09. The van der Waals surface area contributed by atoms with E-state index in [1.54, 1.807) is 12.2 Å². The first-order chi connectivity index (χ1) is 7.67. The average Bonchev–Trinajstić information content (AvgIpc) is 2.24. The predicted molar refractivity (Wildman–Crippen MR) is 63.2 cm³/mol. The molecule has 92 valence electrons. The Morgan fingerprint density at radius 1 is 1.50 bits per heavy atom. The summed E-state index contributed by atoms with van der Waals surface area (Å²) >= 11 is 0. The Bertz CT molecular complexity index is 248. The van der Waals surface area contributed by atoms with Crippen molar-refractivity contribution in [3.05, 3.63) is 12.2 Å². The van der Waals surface area contributed by atoms with Crippen LogP contribution in [0.5, 0.6) is 0 Å². The Morgan fingerprint density at radius 2 is 2.25 bits per heavy atom. The highest BCUT2D eigenvalue weighted by atomic mass is 16.5. The minimum atomic E-state index is 0.0384. The molecular weight excluding hydrogens is 204 g/mol. The second-order valence-corrected chi connectivity index (χ2v) is 4.53. The summed E-state index contributed by atoms with van der Waals surface area (Å²) in [5.74, 6) is 0.616. The molecule has 1 rings (SSSR count). The number of carbonyl (C=O) groups excluding carboxylic acids is 1. The lowest BCUT2D eigenvalue weighted by Gasteiger charge is -2.34. The fourth-order valence-electron chi connectivity index (χ4n) is 2.19. The molecule has 3 heteroatoms. The Balaban J connectivity index is 2.42. The highest BCUT2D eigenvalue weighted by Gasteiger charge is 2.28. The van der Waals surface area contributed by atoms with Crippen LogP contribution in [0.2, 0.25) is 0 Å². The van der Waals surface area contributed by atoms with Crippen molar-refractivity contribution in [2.75, 3.05) is 6.61 Å². The molecular formula is C13H22O3. The summed E-state index contributed by atoms with van der Waals surface area (Å²) in [6.45, 7) is 4.14. The molecule has 1 fully saturated rings. The molecule has 1 heterocycles. The van der Waals surface area contributed by atoms with E-state index in [0.717, 1.165) is 12.8 Å². The SMILES string of the molecule is C/C=C/C(=O)C[C@H]1CC[C@H](C)[C@H](CCO)O1. The van der Waals surface area contributed by atoms with Gasteiger partial charge in [-0.3, -0.25) is 4.79 Å². The second kappa shape index (κ2) is 6.81. The molecule has 0 amide bonds. The minimum absolute atomic E-state index is 0.0384. The number of aliphatic hydroxyl groups excluding tert-OH is 1. The van der Waals surface area contributed by atoms with E-state index in [-0.39, 0.29) is 24.6 Å². The van der Waals surface area contributed by atoms with Gasteiger partial charge in [0.05, 0.1) is 12.2 Å². The van der Waals surface area contributed by atoms with Crippen LogP contribution in [0.1, 0.15) is 39.5 Å². The molecule has 16 heavy (non-hydrogen) atoms. The van der Waals surface area contributed by atoms with E-state index in [1.807, 2.05) is 6.92 Å². The van der Waals surface area contributed by atoms with Gasteiger partial charge in [-0.05, 0) is 38.2 Å². The molecule has 1 aliphatic rings. The van der Waals surface area contributed by atoms with Crippen molar-refractivity contribution in [1.82, 2.24) is 0 Å². The molecule has 0 aromatic heterocycles. The lowest BCUT2D eigenvalue weighted by Crippen LogP contribution is -2.35. The maximum absolute atomic E-state index is 11.4. The van der Waals surface area contributed by atoms with Crippen LogP contribution in [0, 0.1) is 5.92 Å². The second-order valence-electron chi connectivity index (χ2n) is 4.53. The number of hydrogen-bond acceptors (Lipinski definition) is 3. The maximum atomic E-state index is 11.4. The highest BCUT2D eigenvalue weighted by molar-refractivity contribution is 5.89. The van der Waals surface area contributed by atoms with Crippen molar-refractivity contribution in [3.63, 3.8) is 0 Å². The number of hydrogen-bond donors (Lipinski definition) is 1. The topological polar surface area (TPSA) is 46.5 Å². The Hall–Kier alpha value is -0.670. The van der Waals surface area contributed by atoms with E-state index >= 15 is 0 Å². The standard InChI is InChI=1S/C13H22O3/c1-3-4-11(15)9-12-6-5-10(2)13(16-12)7-8-14/h3-4,10,12-14H,5-9H2,1-2H3/b4-3+/t10-,12+,13-/m0/s1. The minimum Gasteiger partial charge on any atom is -0.396 e. The molecule has 3 atom stereocenters. The van der Waals surface area contributed by atoms with E-state index < -0.39 is 0 Å². The fourth-order valence-corrected chi connectivity index (χ4v) is 2.19. The smallest absolute Gasteiger partial charge is 0.157 e. The third-order valence-electron chi connectivity index (χ3n) is 3.14. The monoisotopic (exact) mass is 226 g/mol. The summed E-state index contributed by atoms with van der Waals surface area (Å²) in [5.41, 5.74) is 0.